The topological polar surface area (TPSA) is 37.8 Å². The van der Waals surface area contributed by atoms with Crippen molar-refractivity contribution in [1.82, 2.24) is 15.3 Å². The molecule has 0 saturated heterocycles. The molecule has 0 aliphatic heterocycles. The predicted molar refractivity (Wildman–Crippen MR) is 81.5 cm³/mol. The van der Waals surface area contributed by atoms with E-state index in [-0.39, 0.29) is 0 Å². The molecule has 102 valence electrons. The van der Waals surface area contributed by atoms with Gasteiger partial charge in [0.25, 0.3) is 0 Å². The molecule has 0 amide bonds. The van der Waals surface area contributed by atoms with E-state index in [0.717, 1.165) is 36.5 Å². The van der Waals surface area contributed by atoms with Gasteiger partial charge in [0.05, 0.1) is 5.69 Å². The second kappa shape index (κ2) is 6.78. The number of aryl methyl sites for hydroxylation is 2. The normalized spacial score (nSPS) is 10.9. The van der Waals surface area contributed by atoms with Crippen LogP contribution in [0.3, 0.4) is 0 Å². The molecule has 4 heteroatoms. The average molecular weight is 275 g/mol. The zero-order valence-electron chi connectivity index (χ0n) is 11.9. The lowest BCUT2D eigenvalue weighted by Gasteiger charge is -2.00. The van der Waals surface area contributed by atoms with Gasteiger partial charge in [-0.2, -0.15) is 0 Å². The minimum Gasteiger partial charge on any atom is -0.312 e. The lowest BCUT2D eigenvalue weighted by atomic mass is 10.2. The van der Waals surface area contributed by atoms with Crippen molar-refractivity contribution < 1.29 is 0 Å². The quantitative estimate of drug-likeness (QED) is 0.875. The first kappa shape index (κ1) is 14.2. The third-order valence-electron chi connectivity index (χ3n) is 3.07. The molecular weight excluding hydrogens is 254 g/mol. The summed E-state index contributed by atoms with van der Waals surface area (Å²) in [5, 5.41) is 4.50. The zero-order valence-corrected chi connectivity index (χ0v) is 12.7. The van der Waals surface area contributed by atoms with Gasteiger partial charge in [0.15, 0.2) is 0 Å². The highest BCUT2D eigenvalue weighted by atomic mass is 32.1. The minimum atomic E-state index is 0.919. The van der Waals surface area contributed by atoms with Gasteiger partial charge in [-0.25, -0.2) is 4.98 Å². The second-order valence-electron chi connectivity index (χ2n) is 4.61. The van der Waals surface area contributed by atoms with Crippen molar-refractivity contribution in [1.29, 1.82) is 0 Å². The SMILES string of the molecule is CCCc1nc(-c2cnccc2C)sc1CNCC. The van der Waals surface area contributed by atoms with Gasteiger partial charge in [-0.05, 0) is 31.5 Å². The maximum Gasteiger partial charge on any atom is 0.125 e. The highest BCUT2D eigenvalue weighted by molar-refractivity contribution is 7.15. The maximum absolute atomic E-state index is 4.82. The van der Waals surface area contributed by atoms with Crippen molar-refractivity contribution in [3.05, 3.63) is 34.6 Å². The summed E-state index contributed by atoms with van der Waals surface area (Å²) in [6.45, 7) is 8.35. The molecule has 0 radical (unpaired) electrons. The fourth-order valence-electron chi connectivity index (χ4n) is 2.00. The first-order valence-corrected chi connectivity index (χ1v) is 7.68. The Morgan fingerprint density at radius 2 is 2.16 bits per heavy atom. The van der Waals surface area contributed by atoms with Crippen LogP contribution in [-0.4, -0.2) is 16.5 Å². The molecule has 0 aliphatic rings. The number of nitrogens with one attached hydrogen (secondary N) is 1. The molecule has 0 unspecified atom stereocenters. The molecule has 3 nitrogen and oxygen atoms in total. The molecule has 2 aromatic rings. The molecule has 0 atom stereocenters. The standard InChI is InChI=1S/C15H21N3S/c1-4-6-13-14(10-16-5-2)19-15(18-13)12-9-17-8-7-11(12)3/h7-9,16H,4-6,10H2,1-3H3. The number of nitrogens with zero attached hydrogens (tertiary/aromatic N) is 2. The largest absolute Gasteiger partial charge is 0.312 e. The van der Waals surface area contributed by atoms with Crippen molar-refractivity contribution in [2.45, 2.75) is 40.2 Å². The fraction of sp³-hybridized carbons (Fsp3) is 0.467. The second-order valence-corrected chi connectivity index (χ2v) is 5.69. The van der Waals surface area contributed by atoms with E-state index in [2.05, 4.69) is 31.1 Å². The predicted octanol–water partition coefficient (Wildman–Crippen LogP) is 3.58. The molecule has 0 aromatic carbocycles. The van der Waals surface area contributed by atoms with Gasteiger partial charge in [-0.3, -0.25) is 4.98 Å². The van der Waals surface area contributed by atoms with E-state index < -0.39 is 0 Å². The van der Waals surface area contributed by atoms with Gasteiger partial charge >= 0.3 is 0 Å². The van der Waals surface area contributed by atoms with Crippen molar-refractivity contribution in [2.24, 2.45) is 0 Å². The summed E-state index contributed by atoms with van der Waals surface area (Å²) in [4.78, 5) is 10.4. The van der Waals surface area contributed by atoms with E-state index in [1.807, 2.05) is 18.5 Å². The Labute approximate surface area is 119 Å². The Bertz CT molecular complexity index is 534. The van der Waals surface area contributed by atoms with Crippen molar-refractivity contribution >= 4 is 11.3 Å². The van der Waals surface area contributed by atoms with Crippen LogP contribution in [0, 0.1) is 6.92 Å². The summed E-state index contributed by atoms with van der Waals surface area (Å²) in [6.07, 6.45) is 5.94. The van der Waals surface area contributed by atoms with Crippen LogP contribution < -0.4 is 5.32 Å². The van der Waals surface area contributed by atoms with Gasteiger partial charge < -0.3 is 5.32 Å². The molecule has 19 heavy (non-hydrogen) atoms. The van der Waals surface area contributed by atoms with Gasteiger partial charge in [0.2, 0.25) is 0 Å². The highest BCUT2D eigenvalue weighted by Gasteiger charge is 2.13. The van der Waals surface area contributed by atoms with Crippen LogP contribution in [0.5, 0.6) is 0 Å². The van der Waals surface area contributed by atoms with Crippen molar-refractivity contribution in [3.8, 4) is 10.6 Å². The van der Waals surface area contributed by atoms with Crippen LogP contribution in [0.25, 0.3) is 10.6 Å². The van der Waals surface area contributed by atoms with Crippen LogP contribution in [0.4, 0.5) is 0 Å². The molecule has 0 bridgehead atoms. The summed E-state index contributed by atoms with van der Waals surface area (Å²) < 4.78 is 0. The number of rotatable bonds is 6. The summed E-state index contributed by atoms with van der Waals surface area (Å²) in [5.74, 6) is 0. The average Bonchev–Trinajstić information content (AvgIpc) is 2.80. The summed E-state index contributed by atoms with van der Waals surface area (Å²) in [5.41, 5.74) is 3.64. The van der Waals surface area contributed by atoms with E-state index in [4.69, 9.17) is 4.98 Å². The molecule has 0 fully saturated rings. The number of hydrogen-bond donors (Lipinski definition) is 1. The third-order valence-corrected chi connectivity index (χ3v) is 4.20. The molecule has 2 heterocycles. The molecular formula is C15H21N3S. The Morgan fingerprint density at radius 3 is 2.84 bits per heavy atom. The molecule has 2 rings (SSSR count). The molecule has 0 saturated carbocycles. The number of thiazole rings is 1. The summed E-state index contributed by atoms with van der Waals surface area (Å²) in [6, 6.07) is 2.04. The van der Waals surface area contributed by atoms with Gasteiger partial charge in [0.1, 0.15) is 5.01 Å². The number of hydrogen-bond acceptors (Lipinski definition) is 4. The van der Waals surface area contributed by atoms with Gasteiger partial charge in [0, 0.05) is 29.4 Å². The Hall–Kier alpha value is -1.26. The van der Waals surface area contributed by atoms with Crippen LogP contribution in [-0.2, 0) is 13.0 Å². The van der Waals surface area contributed by atoms with Gasteiger partial charge in [-0.15, -0.1) is 11.3 Å². The first-order chi connectivity index (χ1) is 9.26. The smallest absolute Gasteiger partial charge is 0.125 e. The van der Waals surface area contributed by atoms with E-state index in [0.29, 0.717) is 0 Å². The zero-order chi connectivity index (χ0) is 13.7. The van der Waals surface area contributed by atoms with Gasteiger partial charge in [-0.1, -0.05) is 20.3 Å². The van der Waals surface area contributed by atoms with Crippen LogP contribution >= 0.6 is 11.3 Å². The van der Waals surface area contributed by atoms with Crippen LogP contribution in [0.2, 0.25) is 0 Å². The number of aromatic nitrogens is 2. The minimum absolute atomic E-state index is 0.919. The Balaban J connectivity index is 2.34. The number of pyridine rings is 1. The molecule has 0 spiro atoms. The third kappa shape index (κ3) is 3.39. The molecule has 1 N–H and O–H groups in total. The van der Waals surface area contributed by atoms with Crippen LogP contribution in [0.1, 0.15) is 36.4 Å². The molecule has 2 aromatic heterocycles. The molecule has 0 aliphatic carbocycles. The first-order valence-electron chi connectivity index (χ1n) is 6.86. The summed E-state index contributed by atoms with van der Waals surface area (Å²) in [7, 11) is 0. The van der Waals surface area contributed by atoms with Crippen molar-refractivity contribution in [2.75, 3.05) is 6.54 Å². The lowest BCUT2D eigenvalue weighted by Crippen LogP contribution is -2.11. The van der Waals surface area contributed by atoms with Crippen molar-refractivity contribution in [3.63, 3.8) is 0 Å². The monoisotopic (exact) mass is 275 g/mol. The highest BCUT2D eigenvalue weighted by Crippen LogP contribution is 2.30. The lowest BCUT2D eigenvalue weighted by molar-refractivity contribution is 0.723. The van der Waals surface area contributed by atoms with Crippen LogP contribution in [0.15, 0.2) is 18.5 Å². The maximum atomic E-state index is 4.82. The van der Waals surface area contributed by atoms with E-state index in [1.54, 1.807) is 11.3 Å². The van der Waals surface area contributed by atoms with E-state index in [9.17, 15) is 0 Å². The Kier molecular flexibility index (Phi) is 5.05. The van der Waals surface area contributed by atoms with E-state index >= 15 is 0 Å². The fourth-order valence-corrected chi connectivity index (χ4v) is 3.15. The van der Waals surface area contributed by atoms with E-state index in [1.165, 1.54) is 16.1 Å². The Morgan fingerprint density at radius 1 is 1.32 bits per heavy atom. The summed E-state index contributed by atoms with van der Waals surface area (Å²) >= 11 is 1.79.